The summed E-state index contributed by atoms with van der Waals surface area (Å²) in [6.45, 7) is 3.92. The Labute approximate surface area is 173 Å². The fourth-order valence-electron chi connectivity index (χ4n) is 4.42. The molecule has 0 radical (unpaired) electrons. The minimum atomic E-state index is -3.87. The molecule has 0 spiro atoms. The number of para-hydroxylation sites is 1. The fraction of sp³-hybridized carbons (Fsp3) is 0.714. The van der Waals surface area contributed by atoms with Crippen LogP contribution in [0, 0.1) is 0 Å². The molecule has 2 N–H and O–H groups in total. The van der Waals surface area contributed by atoms with Gasteiger partial charge in [-0.3, -0.25) is 0 Å². The van der Waals surface area contributed by atoms with Crippen molar-refractivity contribution in [2.45, 2.75) is 69.6 Å². The molecule has 0 unspecified atom stereocenters. The largest absolute Gasteiger partial charge is 0.494 e. The van der Waals surface area contributed by atoms with Crippen molar-refractivity contribution in [1.82, 2.24) is 10.0 Å². The molecule has 2 atom stereocenters. The van der Waals surface area contributed by atoms with Crippen LogP contribution in [-0.2, 0) is 14.8 Å². The minimum absolute atomic E-state index is 0.124. The standard InChI is InChI=1S/C21H33FN2O4S/c1-2-27-21-8-4-3-6-18(21)16-9-11-17(12-10-16)28-14-20-19(7-5-13-23-20)24-29(25,26)15-22/h3-4,6,8,16-17,19-20,23-24H,2,5,7,9-15H2,1H3/t16?,17?,19-,20-/m0/s1. The molecule has 0 amide bonds. The molecule has 1 heterocycles. The van der Waals surface area contributed by atoms with Crippen molar-refractivity contribution in [3.05, 3.63) is 29.8 Å². The molecule has 29 heavy (non-hydrogen) atoms. The maximum atomic E-state index is 12.7. The Bertz CT molecular complexity index is 738. The molecule has 164 valence electrons. The van der Waals surface area contributed by atoms with Gasteiger partial charge in [0, 0.05) is 12.1 Å². The van der Waals surface area contributed by atoms with Gasteiger partial charge >= 0.3 is 0 Å². The number of benzene rings is 1. The Morgan fingerprint density at radius 1 is 1.17 bits per heavy atom. The molecule has 1 aromatic rings. The Morgan fingerprint density at radius 2 is 1.93 bits per heavy atom. The van der Waals surface area contributed by atoms with Crippen LogP contribution in [0.2, 0.25) is 0 Å². The average Bonchev–Trinajstić information content (AvgIpc) is 2.74. The van der Waals surface area contributed by atoms with E-state index in [1.54, 1.807) is 0 Å². The topological polar surface area (TPSA) is 76.7 Å². The predicted octanol–water partition coefficient (Wildman–Crippen LogP) is 3.10. The van der Waals surface area contributed by atoms with Gasteiger partial charge in [-0.15, -0.1) is 0 Å². The van der Waals surface area contributed by atoms with Crippen LogP contribution in [0.15, 0.2) is 24.3 Å². The summed E-state index contributed by atoms with van der Waals surface area (Å²) in [7, 11) is -3.87. The van der Waals surface area contributed by atoms with Crippen LogP contribution in [0.3, 0.4) is 0 Å². The summed E-state index contributed by atoms with van der Waals surface area (Å²) >= 11 is 0. The van der Waals surface area contributed by atoms with Crippen molar-refractivity contribution < 1.29 is 22.3 Å². The highest BCUT2D eigenvalue weighted by molar-refractivity contribution is 7.89. The zero-order valence-corrected chi connectivity index (χ0v) is 17.9. The van der Waals surface area contributed by atoms with Crippen LogP contribution in [0.25, 0.3) is 0 Å². The van der Waals surface area contributed by atoms with E-state index in [4.69, 9.17) is 9.47 Å². The lowest BCUT2D eigenvalue weighted by Crippen LogP contribution is -2.55. The molecule has 1 aliphatic carbocycles. The first kappa shape index (κ1) is 22.5. The smallest absolute Gasteiger partial charge is 0.241 e. The van der Waals surface area contributed by atoms with E-state index in [1.807, 2.05) is 19.1 Å². The zero-order valence-electron chi connectivity index (χ0n) is 17.1. The summed E-state index contributed by atoms with van der Waals surface area (Å²) in [6.07, 6.45) is 5.77. The lowest BCUT2D eigenvalue weighted by Gasteiger charge is -2.35. The van der Waals surface area contributed by atoms with Gasteiger partial charge in [0.15, 0.2) is 0 Å². The van der Waals surface area contributed by atoms with Gasteiger partial charge in [-0.05, 0) is 69.5 Å². The second kappa shape index (κ2) is 10.7. The molecule has 1 saturated heterocycles. The second-order valence-corrected chi connectivity index (χ2v) is 9.61. The maximum Gasteiger partial charge on any atom is 0.241 e. The third-order valence-corrected chi connectivity index (χ3v) is 6.85. The Kier molecular flexibility index (Phi) is 8.29. The SMILES string of the molecule is CCOc1ccccc1C1CCC(OC[C@@H]2NCCC[C@@H]2NS(=O)(=O)CF)CC1. The molecule has 3 rings (SSSR count). The van der Waals surface area contributed by atoms with Crippen LogP contribution in [0.4, 0.5) is 4.39 Å². The molecule has 1 aromatic carbocycles. The molecule has 1 saturated carbocycles. The van der Waals surface area contributed by atoms with E-state index in [0.717, 1.165) is 44.4 Å². The van der Waals surface area contributed by atoms with Gasteiger partial charge < -0.3 is 14.8 Å². The summed E-state index contributed by atoms with van der Waals surface area (Å²) < 4.78 is 50.3. The number of ether oxygens (including phenoxy) is 2. The van der Waals surface area contributed by atoms with Crippen molar-refractivity contribution in [2.75, 3.05) is 25.8 Å². The van der Waals surface area contributed by atoms with Crippen LogP contribution >= 0.6 is 0 Å². The van der Waals surface area contributed by atoms with Gasteiger partial charge in [-0.25, -0.2) is 17.5 Å². The molecule has 8 heteroatoms. The van der Waals surface area contributed by atoms with Crippen molar-refractivity contribution in [3.63, 3.8) is 0 Å². The summed E-state index contributed by atoms with van der Waals surface area (Å²) in [5.41, 5.74) is 1.28. The lowest BCUT2D eigenvalue weighted by molar-refractivity contribution is 0.00508. The number of nitrogens with one attached hydrogen (secondary N) is 2. The normalized spacial score (nSPS) is 28.2. The fourth-order valence-corrected chi connectivity index (χ4v) is 5.22. The van der Waals surface area contributed by atoms with Gasteiger partial charge in [0.2, 0.25) is 16.0 Å². The first-order valence-corrected chi connectivity index (χ1v) is 12.3. The van der Waals surface area contributed by atoms with E-state index in [0.29, 0.717) is 25.6 Å². The van der Waals surface area contributed by atoms with Crippen molar-refractivity contribution in [2.24, 2.45) is 0 Å². The summed E-state index contributed by atoms with van der Waals surface area (Å²) in [6, 6.07) is 6.44. The molecule has 0 bridgehead atoms. The zero-order chi connectivity index (χ0) is 20.7. The van der Waals surface area contributed by atoms with Crippen LogP contribution in [-0.4, -0.2) is 52.4 Å². The first-order chi connectivity index (χ1) is 14.0. The maximum absolute atomic E-state index is 12.7. The second-order valence-electron chi connectivity index (χ2n) is 7.93. The number of piperidine rings is 1. The molecular weight excluding hydrogens is 395 g/mol. The molecule has 2 fully saturated rings. The van der Waals surface area contributed by atoms with Gasteiger partial charge in [0.05, 0.1) is 19.3 Å². The van der Waals surface area contributed by atoms with E-state index in [2.05, 4.69) is 22.2 Å². The third kappa shape index (κ3) is 6.38. The monoisotopic (exact) mass is 428 g/mol. The number of hydrogen-bond donors (Lipinski definition) is 2. The van der Waals surface area contributed by atoms with Gasteiger partial charge in [0.25, 0.3) is 0 Å². The van der Waals surface area contributed by atoms with Crippen molar-refractivity contribution in [3.8, 4) is 5.75 Å². The lowest BCUT2D eigenvalue weighted by atomic mass is 9.82. The summed E-state index contributed by atoms with van der Waals surface area (Å²) in [5, 5.41) is 3.32. The van der Waals surface area contributed by atoms with Crippen LogP contribution in [0.5, 0.6) is 5.75 Å². The third-order valence-electron chi connectivity index (χ3n) is 5.90. The highest BCUT2D eigenvalue weighted by Gasteiger charge is 2.31. The molecular formula is C21H33FN2O4S. The number of sulfonamides is 1. The summed E-state index contributed by atoms with van der Waals surface area (Å²) in [5.74, 6) is 1.46. The van der Waals surface area contributed by atoms with E-state index in [-0.39, 0.29) is 18.2 Å². The Morgan fingerprint density at radius 3 is 2.66 bits per heavy atom. The molecule has 6 nitrogen and oxygen atoms in total. The van der Waals surface area contributed by atoms with Gasteiger partial charge in [0.1, 0.15) is 5.75 Å². The number of rotatable bonds is 9. The van der Waals surface area contributed by atoms with Gasteiger partial charge in [-0.1, -0.05) is 18.2 Å². The quantitative estimate of drug-likeness (QED) is 0.632. The first-order valence-electron chi connectivity index (χ1n) is 10.6. The van der Waals surface area contributed by atoms with E-state index < -0.39 is 16.0 Å². The van der Waals surface area contributed by atoms with Crippen molar-refractivity contribution in [1.29, 1.82) is 0 Å². The van der Waals surface area contributed by atoms with E-state index >= 15 is 0 Å². The minimum Gasteiger partial charge on any atom is -0.494 e. The Balaban J connectivity index is 1.49. The molecule has 1 aliphatic heterocycles. The Hall–Kier alpha value is -1.22. The molecule has 0 aromatic heterocycles. The average molecular weight is 429 g/mol. The van der Waals surface area contributed by atoms with Gasteiger partial charge in [-0.2, -0.15) is 0 Å². The van der Waals surface area contributed by atoms with E-state index in [1.165, 1.54) is 5.56 Å². The van der Waals surface area contributed by atoms with E-state index in [9.17, 15) is 12.8 Å². The van der Waals surface area contributed by atoms with Crippen molar-refractivity contribution >= 4 is 10.0 Å². The number of alkyl halides is 1. The predicted molar refractivity (Wildman–Crippen MR) is 111 cm³/mol. The molecule has 2 aliphatic rings. The van der Waals surface area contributed by atoms with Crippen LogP contribution < -0.4 is 14.8 Å². The number of halogens is 1. The van der Waals surface area contributed by atoms with Crippen LogP contribution in [0.1, 0.15) is 56.9 Å². The highest BCUT2D eigenvalue weighted by Crippen LogP contribution is 2.38. The number of hydrogen-bond acceptors (Lipinski definition) is 5. The summed E-state index contributed by atoms with van der Waals surface area (Å²) in [4.78, 5) is 0. The highest BCUT2D eigenvalue weighted by atomic mass is 32.2.